The Balaban J connectivity index is 1.66. The van der Waals surface area contributed by atoms with Gasteiger partial charge in [0.2, 0.25) is 0 Å². The van der Waals surface area contributed by atoms with Gasteiger partial charge in [-0.05, 0) is 75.3 Å². The van der Waals surface area contributed by atoms with Gasteiger partial charge in [-0.25, -0.2) is 9.18 Å². The van der Waals surface area contributed by atoms with Crippen molar-refractivity contribution in [3.05, 3.63) is 96.2 Å². The van der Waals surface area contributed by atoms with Crippen LogP contribution in [0.5, 0.6) is 0 Å². The van der Waals surface area contributed by atoms with Gasteiger partial charge < -0.3 is 5.32 Å². The molecule has 2 aliphatic carbocycles. The number of carbonyl (C=O) groups is 1. The third kappa shape index (κ3) is 4.31. The highest BCUT2D eigenvalue weighted by Gasteiger charge is 2.32. The van der Waals surface area contributed by atoms with Crippen molar-refractivity contribution >= 4 is 28.2 Å². The zero-order valence-electron chi connectivity index (χ0n) is 22.1. The van der Waals surface area contributed by atoms with E-state index >= 15 is 0 Å². The van der Waals surface area contributed by atoms with Crippen molar-refractivity contribution in [3.63, 3.8) is 0 Å². The third-order valence-electron chi connectivity index (χ3n) is 7.73. The number of rotatable bonds is 7. The van der Waals surface area contributed by atoms with Crippen molar-refractivity contribution in [1.29, 1.82) is 0 Å². The van der Waals surface area contributed by atoms with Crippen LogP contribution in [0.15, 0.2) is 56.8 Å². The van der Waals surface area contributed by atoms with Gasteiger partial charge in [0.05, 0.1) is 16.9 Å². The zero-order valence-corrected chi connectivity index (χ0v) is 22.1. The lowest BCUT2D eigenvalue weighted by molar-refractivity contribution is 0.0976. The SMILES string of the molecule is Cc1ccc(Nc2c3c(=O)n(C4CC4)c(=O)n(-c4cccc(C(=O)CC5CC5)c4)c3c(C)c(=O)n2C)c(F)c1. The molecule has 0 unspecified atom stereocenters. The number of hydrogen-bond donors (Lipinski definition) is 1. The minimum atomic E-state index is -0.564. The fourth-order valence-electron chi connectivity index (χ4n) is 5.22. The molecule has 6 rings (SSSR count). The average Bonchev–Trinajstić information content (AvgIpc) is 3.83. The Morgan fingerprint density at radius 1 is 1.00 bits per heavy atom. The van der Waals surface area contributed by atoms with Gasteiger partial charge in [-0.3, -0.25) is 28.1 Å². The standard InChI is InChI=1S/C30H29FN4O4/c1-16-7-12-23(22(31)13-16)32-27-25-26(17(2)28(37)33(27)3)34(30(39)35(29(25)38)20-10-11-20)21-6-4-5-19(15-21)24(36)14-18-8-9-18/h4-7,12-13,15,18,20,32H,8-11,14H2,1-3H3. The Morgan fingerprint density at radius 3 is 2.41 bits per heavy atom. The topological polar surface area (TPSA) is 95.1 Å². The summed E-state index contributed by atoms with van der Waals surface area (Å²) in [5.41, 5.74) is 0.505. The Morgan fingerprint density at radius 2 is 1.74 bits per heavy atom. The highest BCUT2D eigenvalue weighted by molar-refractivity contribution is 5.97. The van der Waals surface area contributed by atoms with Crippen molar-refractivity contribution in [2.24, 2.45) is 13.0 Å². The molecule has 2 aromatic heterocycles. The average molecular weight is 529 g/mol. The molecular weight excluding hydrogens is 499 g/mol. The molecule has 8 nitrogen and oxygen atoms in total. The van der Waals surface area contributed by atoms with Gasteiger partial charge in [0.1, 0.15) is 17.0 Å². The van der Waals surface area contributed by atoms with Crippen LogP contribution in [0.1, 0.15) is 59.6 Å². The highest BCUT2D eigenvalue weighted by atomic mass is 19.1. The van der Waals surface area contributed by atoms with Crippen LogP contribution in [0.25, 0.3) is 16.6 Å². The predicted molar refractivity (Wildman–Crippen MR) is 148 cm³/mol. The second kappa shape index (κ2) is 9.18. The molecule has 0 amide bonds. The number of carbonyl (C=O) groups excluding carboxylic acids is 1. The summed E-state index contributed by atoms with van der Waals surface area (Å²) in [6.07, 6.45) is 3.90. The molecule has 2 fully saturated rings. The van der Waals surface area contributed by atoms with Crippen LogP contribution in [0.3, 0.4) is 0 Å². The number of nitrogens with zero attached hydrogens (tertiary/aromatic N) is 3. The fraction of sp³-hybridized carbons (Fsp3) is 0.333. The Labute approximate surface area is 223 Å². The molecule has 9 heteroatoms. The van der Waals surface area contributed by atoms with Crippen LogP contribution < -0.4 is 22.1 Å². The van der Waals surface area contributed by atoms with Crippen LogP contribution in [-0.2, 0) is 7.05 Å². The van der Waals surface area contributed by atoms with Crippen LogP contribution in [-0.4, -0.2) is 19.5 Å². The van der Waals surface area contributed by atoms with Crippen molar-refractivity contribution in [3.8, 4) is 5.69 Å². The third-order valence-corrected chi connectivity index (χ3v) is 7.73. The highest BCUT2D eigenvalue weighted by Crippen LogP contribution is 2.35. The smallest absolute Gasteiger partial charge is 0.336 e. The predicted octanol–water partition coefficient (Wildman–Crippen LogP) is 4.67. The molecule has 2 aliphatic rings. The zero-order chi connectivity index (χ0) is 27.6. The molecule has 0 saturated heterocycles. The Hall–Kier alpha value is -4.27. The first-order valence-electron chi connectivity index (χ1n) is 13.2. The number of anilines is 2. The lowest BCUT2D eigenvalue weighted by atomic mass is 10.0. The van der Waals surface area contributed by atoms with Gasteiger partial charge in [0.25, 0.3) is 11.1 Å². The van der Waals surface area contributed by atoms with E-state index in [4.69, 9.17) is 0 Å². The molecule has 1 N–H and O–H groups in total. The van der Waals surface area contributed by atoms with Crippen LogP contribution in [0.2, 0.25) is 0 Å². The van der Waals surface area contributed by atoms with Crippen molar-refractivity contribution in [2.75, 3.05) is 5.32 Å². The normalized spacial score (nSPS) is 15.1. The molecule has 0 bridgehead atoms. The van der Waals surface area contributed by atoms with E-state index in [1.165, 1.54) is 26.8 Å². The largest absolute Gasteiger partial charge is 0.338 e. The monoisotopic (exact) mass is 528 g/mol. The Bertz CT molecular complexity index is 1860. The summed E-state index contributed by atoms with van der Waals surface area (Å²) in [6, 6.07) is 11.1. The number of ketones is 1. The van der Waals surface area contributed by atoms with E-state index in [2.05, 4.69) is 5.32 Å². The van der Waals surface area contributed by atoms with Gasteiger partial charge in [-0.2, -0.15) is 0 Å². The van der Waals surface area contributed by atoms with Gasteiger partial charge in [-0.1, -0.05) is 18.2 Å². The minimum absolute atomic E-state index is 0.00273. The van der Waals surface area contributed by atoms with E-state index in [1.807, 2.05) is 0 Å². The van der Waals surface area contributed by atoms with E-state index < -0.39 is 22.6 Å². The summed E-state index contributed by atoms with van der Waals surface area (Å²) in [5, 5.41) is 3.07. The van der Waals surface area contributed by atoms with Crippen LogP contribution in [0.4, 0.5) is 15.9 Å². The molecule has 200 valence electrons. The summed E-state index contributed by atoms with van der Waals surface area (Å²) < 4.78 is 18.7. The first-order valence-corrected chi connectivity index (χ1v) is 13.2. The van der Waals surface area contributed by atoms with Crippen molar-refractivity contribution in [1.82, 2.24) is 13.7 Å². The van der Waals surface area contributed by atoms with E-state index in [0.717, 1.165) is 18.4 Å². The lowest BCUT2D eigenvalue weighted by Gasteiger charge is -2.21. The van der Waals surface area contributed by atoms with Crippen molar-refractivity contribution in [2.45, 2.75) is 52.0 Å². The number of nitrogens with one attached hydrogen (secondary N) is 1. The molecule has 2 saturated carbocycles. The van der Waals surface area contributed by atoms with E-state index in [1.54, 1.807) is 50.2 Å². The first kappa shape index (κ1) is 25.0. The first-order chi connectivity index (χ1) is 18.7. The second-order valence-electron chi connectivity index (χ2n) is 10.8. The van der Waals surface area contributed by atoms with Gasteiger partial charge in [-0.15, -0.1) is 0 Å². The van der Waals surface area contributed by atoms with E-state index in [9.17, 15) is 23.6 Å². The lowest BCUT2D eigenvalue weighted by Crippen LogP contribution is -2.41. The Kier molecular flexibility index (Phi) is 5.89. The molecule has 2 heterocycles. The van der Waals surface area contributed by atoms with Crippen LogP contribution in [0, 0.1) is 25.6 Å². The minimum Gasteiger partial charge on any atom is -0.338 e. The van der Waals surface area contributed by atoms with Crippen LogP contribution >= 0.6 is 0 Å². The number of benzene rings is 2. The van der Waals surface area contributed by atoms with Crippen molar-refractivity contribution < 1.29 is 9.18 Å². The fourth-order valence-corrected chi connectivity index (χ4v) is 5.22. The summed E-state index contributed by atoms with van der Waals surface area (Å²) >= 11 is 0. The van der Waals surface area contributed by atoms with E-state index in [0.29, 0.717) is 36.4 Å². The molecule has 39 heavy (non-hydrogen) atoms. The molecule has 2 aromatic carbocycles. The summed E-state index contributed by atoms with van der Waals surface area (Å²) in [5.74, 6) is -0.0361. The summed E-state index contributed by atoms with van der Waals surface area (Å²) in [6.45, 7) is 3.33. The summed E-state index contributed by atoms with van der Waals surface area (Å²) in [4.78, 5) is 54.2. The number of halogens is 1. The quantitative estimate of drug-likeness (QED) is 0.352. The number of Topliss-reactive ketones (excluding diaryl/α,β-unsaturated/α-hetero) is 1. The van der Waals surface area contributed by atoms with Gasteiger partial charge in [0.15, 0.2) is 5.78 Å². The van der Waals surface area contributed by atoms with Gasteiger partial charge >= 0.3 is 5.69 Å². The molecule has 0 radical (unpaired) electrons. The summed E-state index contributed by atoms with van der Waals surface area (Å²) in [7, 11) is 1.51. The maximum Gasteiger partial charge on any atom is 0.336 e. The molecule has 0 spiro atoms. The molecule has 4 aromatic rings. The number of aryl methyl sites for hydroxylation is 2. The molecule has 0 atom stereocenters. The second-order valence-corrected chi connectivity index (χ2v) is 10.8. The van der Waals surface area contributed by atoms with Gasteiger partial charge in [0, 0.05) is 30.6 Å². The molecular formula is C30H29FN4O4. The molecule has 0 aliphatic heterocycles. The maximum absolute atomic E-state index is 14.9. The number of pyridine rings is 1. The maximum atomic E-state index is 14.9. The number of hydrogen-bond acceptors (Lipinski definition) is 5. The van der Waals surface area contributed by atoms with E-state index in [-0.39, 0.29) is 39.8 Å². The number of fused-ring (bicyclic) bond motifs is 1. The number of aromatic nitrogens is 3.